The number of aromatic amines is 1. The van der Waals surface area contributed by atoms with E-state index in [-0.39, 0.29) is 17.1 Å². The number of esters is 1. The molecule has 0 fully saturated rings. The summed E-state index contributed by atoms with van der Waals surface area (Å²) in [5, 5.41) is 0. The quantitative estimate of drug-likeness (QED) is 0.477. The summed E-state index contributed by atoms with van der Waals surface area (Å²) >= 11 is 0. The van der Waals surface area contributed by atoms with Crippen LogP contribution in [0.2, 0.25) is 0 Å². The molecule has 29 heavy (non-hydrogen) atoms. The van der Waals surface area contributed by atoms with Crippen LogP contribution in [-0.4, -0.2) is 27.9 Å². The van der Waals surface area contributed by atoms with Gasteiger partial charge < -0.3 is 15.2 Å². The highest BCUT2D eigenvalue weighted by molar-refractivity contribution is 6.02. The molecule has 1 aromatic heterocycles. The zero-order chi connectivity index (χ0) is 21.0. The van der Waals surface area contributed by atoms with E-state index in [0.29, 0.717) is 5.75 Å². The summed E-state index contributed by atoms with van der Waals surface area (Å²) in [6.45, 7) is -0.732. The minimum absolute atomic E-state index is 0.103. The van der Waals surface area contributed by atoms with Gasteiger partial charge >= 0.3 is 11.7 Å². The van der Waals surface area contributed by atoms with E-state index in [0.717, 1.165) is 4.57 Å². The van der Waals surface area contributed by atoms with Crippen molar-refractivity contribution in [2.24, 2.45) is 7.05 Å². The SMILES string of the molecule is Cn1c(N)c(C(=O)COC(=O)c2ccccc2Oc2ccccc2)c(=O)[nH]c1=O. The van der Waals surface area contributed by atoms with Gasteiger partial charge in [0.05, 0.1) is 0 Å². The lowest BCUT2D eigenvalue weighted by atomic mass is 10.2. The number of carbonyl (C=O) groups is 2. The Kier molecular flexibility index (Phi) is 5.59. The molecule has 148 valence electrons. The molecule has 0 aliphatic carbocycles. The van der Waals surface area contributed by atoms with Crippen molar-refractivity contribution in [3.63, 3.8) is 0 Å². The van der Waals surface area contributed by atoms with E-state index in [1.165, 1.54) is 13.1 Å². The largest absolute Gasteiger partial charge is 0.456 e. The van der Waals surface area contributed by atoms with Crippen LogP contribution >= 0.6 is 0 Å². The number of ether oxygens (including phenoxy) is 2. The number of benzene rings is 2. The fourth-order valence-corrected chi connectivity index (χ4v) is 2.53. The number of ketones is 1. The molecular weight excluding hydrogens is 378 g/mol. The second-order valence-corrected chi connectivity index (χ2v) is 5.99. The molecule has 0 radical (unpaired) electrons. The number of nitrogens with zero attached hydrogens (tertiary/aromatic N) is 1. The highest BCUT2D eigenvalue weighted by Crippen LogP contribution is 2.25. The lowest BCUT2D eigenvalue weighted by Crippen LogP contribution is -2.35. The monoisotopic (exact) mass is 395 g/mol. The van der Waals surface area contributed by atoms with Crippen molar-refractivity contribution >= 4 is 17.6 Å². The third-order valence-corrected chi connectivity index (χ3v) is 4.06. The number of nitrogen functional groups attached to an aromatic ring is 1. The van der Waals surface area contributed by atoms with Gasteiger partial charge in [-0.05, 0) is 24.3 Å². The van der Waals surface area contributed by atoms with E-state index in [9.17, 15) is 19.2 Å². The number of carbonyl (C=O) groups excluding carboxylic acids is 2. The zero-order valence-electron chi connectivity index (χ0n) is 15.4. The summed E-state index contributed by atoms with van der Waals surface area (Å²) in [7, 11) is 1.30. The highest BCUT2D eigenvalue weighted by atomic mass is 16.5. The van der Waals surface area contributed by atoms with Crippen LogP contribution in [0.15, 0.2) is 64.2 Å². The van der Waals surface area contributed by atoms with Crippen LogP contribution in [0.3, 0.4) is 0 Å². The maximum absolute atomic E-state index is 12.5. The number of hydrogen-bond acceptors (Lipinski definition) is 7. The van der Waals surface area contributed by atoms with Crippen LogP contribution < -0.4 is 21.7 Å². The Bertz CT molecular complexity index is 1180. The molecule has 0 bridgehead atoms. The average molecular weight is 395 g/mol. The van der Waals surface area contributed by atoms with Crippen LogP contribution in [0.1, 0.15) is 20.7 Å². The molecule has 0 aliphatic rings. The second-order valence-electron chi connectivity index (χ2n) is 5.99. The number of H-pyrrole nitrogens is 1. The first-order valence-electron chi connectivity index (χ1n) is 8.49. The van der Waals surface area contributed by atoms with Crippen molar-refractivity contribution in [1.29, 1.82) is 0 Å². The molecule has 3 aromatic rings. The maximum atomic E-state index is 12.5. The normalized spacial score (nSPS) is 10.4. The first-order valence-corrected chi connectivity index (χ1v) is 8.49. The number of Topliss-reactive ketones (excluding diaryl/α,β-unsaturated/α-hetero) is 1. The fourth-order valence-electron chi connectivity index (χ4n) is 2.53. The summed E-state index contributed by atoms with van der Waals surface area (Å²) in [5.74, 6) is -1.20. The first kappa shape index (κ1) is 19.6. The summed E-state index contributed by atoms with van der Waals surface area (Å²) in [6.07, 6.45) is 0. The Hall–Kier alpha value is -4.14. The van der Waals surface area contributed by atoms with Crippen LogP contribution in [-0.2, 0) is 11.8 Å². The van der Waals surface area contributed by atoms with Gasteiger partial charge in [-0.3, -0.25) is 19.1 Å². The van der Waals surface area contributed by atoms with Crippen molar-refractivity contribution in [2.75, 3.05) is 12.3 Å². The number of anilines is 1. The Morgan fingerprint density at radius 1 is 1.03 bits per heavy atom. The maximum Gasteiger partial charge on any atom is 0.342 e. The Morgan fingerprint density at radius 3 is 2.41 bits per heavy atom. The van der Waals surface area contributed by atoms with E-state index >= 15 is 0 Å². The number of aromatic nitrogens is 2. The van der Waals surface area contributed by atoms with Gasteiger partial charge in [-0.2, -0.15) is 0 Å². The average Bonchev–Trinajstić information content (AvgIpc) is 2.71. The Morgan fingerprint density at radius 2 is 1.69 bits per heavy atom. The topological polar surface area (TPSA) is 133 Å². The molecule has 3 N–H and O–H groups in total. The molecule has 0 atom stereocenters. The standard InChI is InChI=1S/C20H17N3O6/c1-23-17(21)16(18(25)22-20(23)27)14(24)11-28-19(26)13-9-5-6-10-15(13)29-12-7-3-2-4-8-12/h2-10H,11,21H2,1H3,(H,22,25,27). The zero-order valence-corrected chi connectivity index (χ0v) is 15.4. The summed E-state index contributed by atoms with van der Waals surface area (Å²) in [4.78, 5) is 50.2. The van der Waals surface area contributed by atoms with Crippen molar-refractivity contribution in [3.8, 4) is 11.5 Å². The predicted molar refractivity (Wildman–Crippen MR) is 104 cm³/mol. The minimum Gasteiger partial charge on any atom is -0.456 e. The van der Waals surface area contributed by atoms with Gasteiger partial charge in [-0.1, -0.05) is 30.3 Å². The van der Waals surface area contributed by atoms with E-state index < -0.39 is 35.2 Å². The summed E-state index contributed by atoms with van der Waals surface area (Å²) < 4.78 is 11.6. The van der Waals surface area contributed by atoms with E-state index in [2.05, 4.69) is 0 Å². The van der Waals surface area contributed by atoms with E-state index in [1.54, 1.807) is 42.5 Å². The lowest BCUT2D eigenvalue weighted by Gasteiger charge is -2.11. The van der Waals surface area contributed by atoms with Crippen molar-refractivity contribution in [3.05, 3.63) is 86.6 Å². The van der Waals surface area contributed by atoms with Gasteiger partial charge in [0.2, 0.25) is 5.78 Å². The molecule has 0 amide bonds. The molecule has 1 heterocycles. The highest BCUT2D eigenvalue weighted by Gasteiger charge is 2.21. The third-order valence-electron chi connectivity index (χ3n) is 4.06. The summed E-state index contributed by atoms with van der Waals surface area (Å²) in [5.41, 5.74) is 3.63. The molecule has 0 saturated carbocycles. The molecule has 0 saturated heterocycles. The van der Waals surface area contributed by atoms with Gasteiger partial charge in [0.1, 0.15) is 28.4 Å². The van der Waals surface area contributed by atoms with Crippen molar-refractivity contribution < 1.29 is 19.1 Å². The molecule has 0 unspecified atom stereocenters. The summed E-state index contributed by atoms with van der Waals surface area (Å²) in [6, 6.07) is 15.2. The fraction of sp³-hybridized carbons (Fsp3) is 0.100. The van der Waals surface area contributed by atoms with Crippen molar-refractivity contribution in [1.82, 2.24) is 9.55 Å². The van der Waals surface area contributed by atoms with Crippen LogP contribution in [0, 0.1) is 0 Å². The van der Waals surface area contributed by atoms with Gasteiger partial charge in [0, 0.05) is 7.05 Å². The van der Waals surface area contributed by atoms with Crippen LogP contribution in [0.4, 0.5) is 5.82 Å². The first-order chi connectivity index (χ1) is 13.9. The molecule has 9 heteroatoms. The number of rotatable bonds is 6. The Labute approximate surface area is 164 Å². The van der Waals surface area contributed by atoms with Crippen molar-refractivity contribution in [2.45, 2.75) is 0 Å². The third kappa shape index (κ3) is 4.24. The van der Waals surface area contributed by atoms with E-state index in [1.807, 2.05) is 11.1 Å². The Balaban J connectivity index is 1.77. The van der Waals surface area contributed by atoms with Gasteiger partial charge in [-0.15, -0.1) is 0 Å². The number of nitrogens with one attached hydrogen (secondary N) is 1. The van der Waals surface area contributed by atoms with Gasteiger partial charge in [0.25, 0.3) is 5.56 Å². The molecular formula is C20H17N3O6. The number of para-hydroxylation sites is 2. The molecule has 0 spiro atoms. The number of hydrogen-bond donors (Lipinski definition) is 2. The van der Waals surface area contributed by atoms with E-state index in [4.69, 9.17) is 15.2 Å². The number of nitrogens with two attached hydrogens (primary N) is 1. The molecule has 0 aliphatic heterocycles. The minimum atomic E-state index is -0.945. The van der Waals surface area contributed by atoms with Crippen LogP contribution in [0.25, 0.3) is 0 Å². The predicted octanol–water partition coefficient (Wildman–Crippen LogP) is 1.49. The van der Waals surface area contributed by atoms with Gasteiger partial charge in [0.15, 0.2) is 6.61 Å². The molecule has 3 rings (SSSR count). The lowest BCUT2D eigenvalue weighted by molar-refractivity contribution is 0.0472. The van der Waals surface area contributed by atoms with Crippen LogP contribution in [0.5, 0.6) is 11.5 Å². The molecule has 2 aromatic carbocycles. The second kappa shape index (κ2) is 8.26. The van der Waals surface area contributed by atoms with Gasteiger partial charge in [-0.25, -0.2) is 9.59 Å². The molecule has 9 nitrogen and oxygen atoms in total. The smallest absolute Gasteiger partial charge is 0.342 e.